The van der Waals surface area contributed by atoms with Gasteiger partial charge in [0.05, 0.1) is 16.9 Å². The fraction of sp³-hybridized carbons (Fsp3) is 0.179. The summed E-state index contributed by atoms with van der Waals surface area (Å²) >= 11 is 0. The number of para-hydroxylation sites is 1. The van der Waals surface area contributed by atoms with Crippen LogP contribution in [0.4, 0.5) is 0 Å². The number of nitrogens with zero attached hydrogens (tertiary/aromatic N) is 2. The van der Waals surface area contributed by atoms with E-state index in [0.717, 1.165) is 24.9 Å². The first-order valence-electron chi connectivity index (χ1n) is 21.1. The lowest BCUT2D eigenvalue weighted by atomic mass is 9.77. The maximum absolute atomic E-state index is 2.56. The standard InChI is InChI=1S/C56H52N2/c1-6-22-48-49-31-20-21-32-51(49)57(50(48)7-2)46-36-39(4)52(40(5)37-46)47-34-33-45(35-38(47)3)58-55(43-27-16-10-17-28-43)53(41-23-12-8-13-24-41)54(42-25-14-9-15-26-42)56(58)44-29-18-11-19-30-44/h8-21,23-37,39,52H,6-7,22H2,1-5H3. The van der Waals surface area contributed by atoms with Gasteiger partial charge in [0.25, 0.3) is 0 Å². The molecule has 1 aliphatic rings. The van der Waals surface area contributed by atoms with Gasteiger partial charge in [-0.3, -0.25) is 0 Å². The zero-order valence-electron chi connectivity index (χ0n) is 34.4. The molecule has 0 radical (unpaired) electrons. The fourth-order valence-corrected chi connectivity index (χ4v) is 9.86. The minimum Gasteiger partial charge on any atom is -0.314 e. The van der Waals surface area contributed by atoms with E-state index in [1.807, 2.05) is 0 Å². The summed E-state index contributed by atoms with van der Waals surface area (Å²) < 4.78 is 5.10. The molecule has 2 heteroatoms. The zero-order chi connectivity index (χ0) is 39.8. The Bertz CT molecular complexity index is 2680. The summed E-state index contributed by atoms with van der Waals surface area (Å²) in [5.74, 6) is 0.608. The third kappa shape index (κ3) is 6.47. The molecule has 2 aromatic heterocycles. The van der Waals surface area contributed by atoms with Crippen molar-refractivity contribution >= 4 is 16.6 Å². The molecule has 0 bridgehead atoms. The van der Waals surface area contributed by atoms with Crippen LogP contribution < -0.4 is 0 Å². The highest BCUT2D eigenvalue weighted by Gasteiger charge is 2.30. The van der Waals surface area contributed by atoms with Crippen molar-refractivity contribution in [2.24, 2.45) is 5.92 Å². The molecule has 1 aliphatic carbocycles. The molecule has 286 valence electrons. The molecule has 0 amide bonds. The first kappa shape index (κ1) is 37.2. The molecular weight excluding hydrogens is 701 g/mol. The van der Waals surface area contributed by atoms with E-state index < -0.39 is 0 Å². The van der Waals surface area contributed by atoms with Crippen molar-refractivity contribution in [2.75, 3.05) is 0 Å². The molecule has 0 fully saturated rings. The minimum atomic E-state index is 0.284. The smallest absolute Gasteiger partial charge is 0.0619 e. The number of rotatable bonds is 10. The van der Waals surface area contributed by atoms with Gasteiger partial charge in [0, 0.05) is 39.5 Å². The molecule has 2 heterocycles. The predicted octanol–water partition coefficient (Wildman–Crippen LogP) is 15.1. The zero-order valence-corrected chi connectivity index (χ0v) is 34.4. The van der Waals surface area contributed by atoms with Crippen LogP contribution in [0.15, 0.2) is 182 Å². The van der Waals surface area contributed by atoms with Crippen LogP contribution >= 0.6 is 0 Å². The highest BCUT2D eigenvalue weighted by atomic mass is 15.0. The van der Waals surface area contributed by atoms with Crippen LogP contribution in [0.1, 0.15) is 62.4 Å². The monoisotopic (exact) mass is 752 g/mol. The number of benzene rings is 6. The van der Waals surface area contributed by atoms with Crippen LogP contribution in [0.25, 0.3) is 67.1 Å². The van der Waals surface area contributed by atoms with Crippen LogP contribution in [0.3, 0.4) is 0 Å². The molecule has 0 saturated carbocycles. The van der Waals surface area contributed by atoms with Crippen molar-refractivity contribution in [3.63, 3.8) is 0 Å². The maximum Gasteiger partial charge on any atom is 0.0619 e. The first-order valence-corrected chi connectivity index (χ1v) is 21.1. The molecule has 0 saturated heterocycles. The van der Waals surface area contributed by atoms with Crippen molar-refractivity contribution in [1.82, 2.24) is 9.13 Å². The highest BCUT2D eigenvalue weighted by molar-refractivity contribution is 6.03. The summed E-state index contributed by atoms with van der Waals surface area (Å²) in [5.41, 5.74) is 20.5. The Labute approximate surface area is 344 Å². The topological polar surface area (TPSA) is 9.86 Å². The molecule has 0 spiro atoms. The van der Waals surface area contributed by atoms with Crippen LogP contribution in [0.2, 0.25) is 0 Å². The van der Waals surface area contributed by atoms with Gasteiger partial charge in [-0.1, -0.05) is 184 Å². The molecule has 9 rings (SSSR count). The van der Waals surface area contributed by atoms with Crippen LogP contribution in [-0.4, -0.2) is 9.13 Å². The quantitative estimate of drug-likeness (QED) is 0.132. The van der Waals surface area contributed by atoms with Crippen LogP contribution in [0, 0.1) is 12.8 Å². The van der Waals surface area contributed by atoms with Gasteiger partial charge < -0.3 is 9.13 Å². The Morgan fingerprint density at radius 3 is 1.57 bits per heavy atom. The average molecular weight is 753 g/mol. The average Bonchev–Trinajstić information content (AvgIpc) is 3.79. The number of aryl methyl sites for hydroxylation is 2. The van der Waals surface area contributed by atoms with E-state index in [0.29, 0.717) is 5.92 Å². The number of hydrogen-bond donors (Lipinski definition) is 0. The Hall–Kier alpha value is -6.38. The first-order chi connectivity index (χ1) is 28.5. The lowest BCUT2D eigenvalue weighted by Crippen LogP contribution is -2.17. The molecule has 6 aromatic carbocycles. The second-order valence-electron chi connectivity index (χ2n) is 16.0. The summed E-state index contributed by atoms with van der Waals surface area (Å²) in [6.45, 7) is 11.7. The van der Waals surface area contributed by atoms with Crippen molar-refractivity contribution in [1.29, 1.82) is 0 Å². The number of fused-ring (bicyclic) bond motifs is 1. The molecule has 58 heavy (non-hydrogen) atoms. The summed E-state index contributed by atoms with van der Waals surface area (Å²) in [7, 11) is 0. The Balaban J connectivity index is 1.23. The largest absolute Gasteiger partial charge is 0.314 e. The normalized spacial score (nSPS) is 15.4. The molecule has 2 unspecified atom stereocenters. The molecule has 0 N–H and O–H groups in total. The molecule has 2 atom stereocenters. The van der Waals surface area contributed by atoms with Gasteiger partial charge in [-0.25, -0.2) is 0 Å². The van der Waals surface area contributed by atoms with E-state index in [2.05, 4.69) is 220 Å². The molecular formula is C56H52N2. The third-order valence-corrected chi connectivity index (χ3v) is 12.2. The van der Waals surface area contributed by atoms with E-state index in [4.69, 9.17) is 0 Å². The second-order valence-corrected chi connectivity index (χ2v) is 16.0. The lowest BCUT2D eigenvalue weighted by Gasteiger charge is -2.31. The van der Waals surface area contributed by atoms with Gasteiger partial charge in [-0.05, 0) is 95.8 Å². The highest BCUT2D eigenvalue weighted by Crippen LogP contribution is 2.50. The molecule has 8 aromatic rings. The predicted molar refractivity (Wildman–Crippen MR) is 247 cm³/mol. The second kappa shape index (κ2) is 15.9. The van der Waals surface area contributed by atoms with Gasteiger partial charge in [-0.2, -0.15) is 0 Å². The number of allylic oxidation sites excluding steroid dienone is 4. The van der Waals surface area contributed by atoms with Gasteiger partial charge in [0.15, 0.2) is 0 Å². The van der Waals surface area contributed by atoms with E-state index in [1.54, 1.807) is 0 Å². The number of hydrogen-bond acceptors (Lipinski definition) is 0. The van der Waals surface area contributed by atoms with Crippen LogP contribution in [-0.2, 0) is 12.8 Å². The van der Waals surface area contributed by atoms with Crippen molar-refractivity contribution in [3.8, 4) is 50.5 Å². The van der Waals surface area contributed by atoms with Crippen molar-refractivity contribution in [3.05, 3.63) is 204 Å². The van der Waals surface area contributed by atoms with E-state index in [9.17, 15) is 0 Å². The summed E-state index contributed by atoms with van der Waals surface area (Å²) in [6, 6.07) is 60.0. The Kier molecular flexibility index (Phi) is 10.2. The molecule has 2 nitrogen and oxygen atoms in total. The number of aromatic nitrogens is 2. The van der Waals surface area contributed by atoms with E-state index >= 15 is 0 Å². The minimum absolute atomic E-state index is 0.284. The lowest BCUT2D eigenvalue weighted by molar-refractivity contribution is 0.601. The van der Waals surface area contributed by atoms with E-state index in [-0.39, 0.29) is 5.92 Å². The maximum atomic E-state index is 2.56. The van der Waals surface area contributed by atoms with Gasteiger partial charge in [0.2, 0.25) is 0 Å². The van der Waals surface area contributed by atoms with Gasteiger partial charge in [-0.15, -0.1) is 0 Å². The van der Waals surface area contributed by atoms with E-state index in [1.165, 1.54) is 89.3 Å². The third-order valence-electron chi connectivity index (χ3n) is 12.2. The van der Waals surface area contributed by atoms with Gasteiger partial charge in [0.1, 0.15) is 0 Å². The van der Waals surface area contributed by atoms with Crippen molar-refractivity contribution < 1.29 is 0 Å². The SMILES string of the molecule is CCCc1c(CC)n(C2=CC(C)C(c3ccc(-n4c(-c5ccccc5)c(-c5ccccc5)c(-c5ccccc5)c4-c4ccccc4)cc3C)C(C)=C2)c2ccccc12. The van der Waals surface area contributed by atoms with Crippen LogP contribution in [0.5, 0.6) is 0 Å². The Morgan fingerprint density at radius 1 is 0.552 bits per heavy atom. The molecule has 0 aliphatic heterocycles. The van der Waals surface area contributed by atoms with Crippen molar-refractivity contribution in [2.45, 2.75) is 59.8 Å². The fourth-order valence-electron chi connectivity index (χ4n) is 9.86. The summed E-state index contributed by atoms with van der Waals surface area (Å²) in [5, 5.41) is 1.40. The van der Waals surface area contributed by atoms with Gasteiger partial charge >= 0.3 is 0 Å². The summed E-state index contributed by atoms with van der Waals surface area (Å²) in [6.07, 6.45) is 8.25. The summed E-state index contributed by atoms with van der Waals surface area (Å²) in [4.78, 5) is 0. The Morgan fingerprint density at radius 2 is 1.07 bits per heavy atom.